The second-order valence-electron chi connectivity index (χ2n) is 4.78. The second-order valence-corrected chi connectivity index (χ2v) is 4.78. The zero-order valence-corrected chi connectivity index (χ0v) is 11.8. The summed E-state index contributed by atoms with van der Waals surface area (Å²) >= 11 is 0. The molecule has 0 aliphatic heterocycles. The fourth-order valence-corrected chi connectivity index (χ4v) is 2.10. The maximum absolute atomic E-state index is 13.6. The first-order valence-corrected chi connectivity index (χ1v) is 6.41. The number of nitrogens with one attached hydrogen (secondary N) is 1. The third-order valence-electron chi connectivity index (χ3n) is 3.18. The number of aromatic hydroxyl groups is 1. The summed E-state index contributed by atoms with van der Waals surface area (Å²) in [7, 11) is 1.43. The number of anilines is 1. The van der Waals surface area contributed by atoms with Gasteiger partial charge in [-0.05, 0) is 32.0 Å². The second kappa shape index (κ2) is 5.82. The number of halogens is 1. The summed E-state index contributed by atoms with van der Waals surface area (Å²) in [5.41, 5.74) is 2.48. The van der Waals surface area contributed by atoms with Crippen LogP contribution < -0.4 is 10.1 Å². The molecular formula is C16H18FNO2. The molecule has 2 rings (SSSR count). The first kappa shape index (κ1) is 14.2. The van der Waals surface area contributed by atoms with Crippen molar-refractivity contribution in [2.75, 3.05) is 12.4 Å². The zero-order chi connectivity index (χ0) is 14.7. The third-order valence-corrected chi connectivity index (χ3v) is 3.18. The monoisotopic (exact) mass is 275 g/mol. The molecule has 0 fully saturated rings. The van der Waals surface area contributed by atoms with Crippen molar-refractivity contribution in [2.24, 2.45) is 0 Å². The Morgan fingerprint density at radius 3 is 2.60 bits per heavy atom. The molecule has 0 bridgehead atoms. The summed E-state index contributed by atoms with van der Waals surface area (Å²) < 4.78 is 18.5. The van der Waals surface area contributed by atoms with Crippen LogP contribution in [0.25, 0.3) is 0 Å². The lowest BCUT2D eigenvalue weighted by Crippen LogP contribution is -2.07. The summed E-state index contributed by atoms with van der Waals surface area (Å²) in [6, 6.07) is 9.97. The summed E-state index contributed by atoms with van der Waals surface area (Å²) in [6.45, 7) is 3.87. The Morgan fingerprint density at radius 2 is 1.95 bits per heavy atom. The summed E-state index contributed by atoms with van der Waals surface area (Å²) in [6.07, 6.45) is 0. The lowest BCUT2D eigenvalue weighted by Gasteiger charge is -2.18. The van der Waals surface area contributed by atoms with Crippen LogP contribution in [0.2, 0.25) is 0 Å². The topological polar surface area (TPSA) is 41.5 Å². The van der Waals surface area contributed by atoms with Crippen molar-refractivity contribution in [2.45, 2.75) is 19.9 Å². The van der Waals surface area contributed by atoms with E-state index in [2.05, 4.69) is 5.32 Å². The van der Waals surface area contributed by atoms with Crippen molar-refractivity contribution in [1.82, 2.24) is 0 Å². The molecule has 1 unspecified atom stereocenters. The van der Waals surface area contributed by atoms with E-state index in [0.717, 1.165) is 11.1 Å². The van der Waals surface area contributed by atoms with E-state index in [1.807, 2.05) is 26.0 Å². The number of rotatable bonds is 4. The van der Waals surface area contributed by atoms with Crippen molar-refractivity contribution < 1.29 is 14.2 Å². The molecule has 3 nitrogen and oxygen atoms in total. The number of benzene rings is 2. The Morgan fingerprint density at radius 1 is 1.20 bits per heavy atom. The number of ether oxygens (including phenoxy) is 1. The Balaban J connectivity index is 2.21. The number of phenolic OH excluding ortho intramolecular Hbond substituents is 1. The number of aryl methyl sites for hydroxylation is 1. The molecule has 0 radical (unpaired) electrons. The van der Waals surface area contributed by atoms with Crippen LogP contribution >= 0.6 is 0 Å². The fraction of sp³-hybridized carbons (Fsp3) is 0.250. The molecule has 0 aliphatic carbocycles. The predicted molar refractivity (Wildman–Crippen MR) is 77.8 cm³/mol. The highest BCUT2D eigenvalue weighted by atomic mass is 19.1. The summed E-state index contributed by atoms with van der Waals surface area (Å²) in [4.78, 5) is 0. The number of phenols is 1. The molecule has 2 aromatic rings. The molecule has 20 heavy (non-hydrogen) atoms. The van der Waals surface area contributed by atoms with Crippen LogP contribution in [0, 0.1) is 12.7 Å². The Hall–Kier alpha value is -2.23. The van der Waals surface area contributed by atoms with Gasteiger partial charge in [0.1, 0.15) is 5.75 Å². The number of hydrogen-bond acceptors (Lipinski definition) is 3. The van der Waals surface area contributed by atoms with Crippen LogP contribution in [0.1, 0.15) is 24.1 Å². The van der Waals surface area contributed by atoms with Gasteiger partial charge in [-0.2, -0.15) is 0 Å². The molecule has 0 spiro atoms. The molecule has 1 atom stereocenters. The Bertz CT molecular complexity index is 613. The maximum atomic E-state index is 13.6. The number of hydrogen-bond donors (Lipinski definition) is 2. The minimum Gasteiger partial charge on any atom is -0.508 e. The standard InChI is InChI=1S/C16H18FNO2/c1-10-4-6-15(19)13(8-10)11(2)18-12-5-7-16(20-3)14(17)9-12/h4-9,11,18-19H,1-3H3. The van der Waals surface area contributed by atoms with E-state index in [9.17, 15) is 9.50 Å². The molecular weight excluding hydrogens is 257 g/mol. The Kier molecular flexibility index (Phi) is 4.13. The van der Waals surface area contributed by atoms with E-state index in [4.69, 9.17) is 4.74 Å². The van der Waals surface area contributed by atoms with Crippen LogP contribution in [0.4, 0.5) is 10.1 Å². The van der Waals surface area contributed by atoms with Gasteiger partial charge in [-0.3, -0.25) is 0 Å². The van der Waals surface area contributed by atoms with Crippen molar-refractivity contribution in [3.05, 3.63) is 53.3 Å². The molecule has 4 heteroatoms. The van der Waals surface area contributed by atoms with Gasteiger partial charge in [0.05, 0.1) is 13.2 Å². The first-order valence-electron chi connectivity index (χ1n) is 6.41. The van der Waals surface area contributed by atoms with E-state index in [1.165, 1.54) is 13.2 Å². The van der Waals surface area contributed by atoms with Crippen LogP contribution in [0.3, 0.4) is 0 Å². The van der Waals surface area contributed by atoms with E-state index in [0.29, 0.717) is 5.69 Å². The molecule has 2 N–H and O–H groups in total. The van der Waals surface area contributed by atoms with E-state index < -0.39 is 5.82 Å². The van der Waals surface area contributed by atoms with Gasteiger partial charge in [-0.25, -0.2) is 4.39 Å². The highest BCUT2D eigenvalue weighted by Crippen LogP contribution is 2.29. The van der Waals surface area contributed by atoms with Gasteiger partial charge in [0, 0.05) is 17.3 Å². The predicted octanol–water partition coefficient (Wildman–Crippen LogP) is 4.02. The quantitative estimate of drug-likeness (QED) is 0.885. The molecule has 0 amide bonds. The molecule has 0 aromatic heterocycles. The molecule has 2 aromatic carbocycles. The molecule has 106 valence electrons. The van der Waals surface area contributed by atoms with E-state index >= 15 is 0 Å². The lowest BCUT2D eigenvalue weighted by molar-refractivity contribution is 0.386. The number of methoxy groups -OCH3 is 1. The van der Waals surface area contributed by atoms with Gasteiger partial charge >= 0.3 is 0 Å². The zero-order valence-electron chi connectivity index (χ0n) is 11.8. The average Bonchev–Trinajstić information content (AvgIpc) is 2.41. The average molecular weight is 275 g/mol. The van der Waals surface area contributed by atoms with Gasteiger partial charge in [0.15, 0.2) is 11.6 Å². The molecule has 0 saturated heterocycles. The highest BCUT2D eigenvalue weighted by Gasteiger charge is 2.11. The largest absolute Gasteiger partial charge is 0.508 e. The Labute approximate surface area is 118 Å². The van der Waals surface area contributed by atoms with Crippen LogP contribution in [0.5, 0.6) is 11.5 Å². The minimum atomic E-state index is -0.418. The van der Waals surface area contributed by atoms with Crippen LogP contribution in [0.15, 0.2) is 36.4 Å². The third kappa shape index (κ3) is 3.02. The van der Waals surface area contributed by atoms with Crippen LogP contribution in [-0.4, -0.2) is 12.2 Å². The molecule has 0 saturated carbocycles. The summed E-state index contributed by atoms with van der Waals surface area (Å²) in [5, 5.41) is 13.0. The van der Waals surface area contributed by atoms with Crippen LogP contribution in [-0.2, 0) is 0 Å². The lowest BCUT2D eigenvalue weighted by atomic mass is 10.0. The first-order chi connectivity index (χ1) is 9.51. The van der Waals surface area contributed by atoms with Gasteiger partial charge in [-0.15, -0.1) is 0 Å². The van der Waals surface area contributed by atoms with Gasteiger partial charge in [-0.1, -0.05) is 17.7 Å². The highest BCUT2D eigenvalue weighted by molar-refractivity contribution is 5.50. The van der Waals surface area contributed by atoms with Crippen molar-refractivity contribution in [1.29, 1.82) is 0 Å². The van der Waals surface area contributed by atoms with Crippen molar-refractivity contribution in [3.8, 4) is 11.5 Å². The van der Waals surface area contributed by atoms with E-state index in [1.54, 1.807) is 18.2 Å². The van der Waals surface area contributed by atoms with Crippen molar-refractivity contribution >= 4 is 5.69 Å². The minimum absolute atomic E-state index is 0.136. The summed E-state index contributed by atoms with van der Waals surface area (Å²) in [5.74, 6) is 0.0179. The fourth-order valence-electron chi connectivity index (χ4n) is 2.10. The molecule has 0 heterocycles. The molecule has 0 aliphatic rings. The van der Waals surface area contributed by atoms with Gasteiger partial charge in [0.2, 0.25) is 0 Å². The van der Waals surface area contributed by atoms with Gasteiger partial charge < -0.3 is 15.2 Å². The normalized spacial score (nSPS) is 12.0. The van der Waals surface area contributed by atoms with Crippen molar-refractivity contribution in [3.63, 3.8) is 0 Å². The van der Waals surface area contributed by atoms with E-state index in [-0.39, 0.29) is 17.5 Å². The maximum Gasteiger partial charge on any atom is 0.167 e. The van der Waals surface area contributed by atoms with Gasteiger partial charge in [0.25, 0.3) is 0 Å². The SMILES string of the molecule is COc1ccc(NC(C)c2cc(C)ccc2O)cc1F. The smallest absolute Gasteiger partial charge is 0.167 e.